The molecule has 4 heterocycles. The summed E-state index contributed by atoms with van der Waals surface area (Å²) in [5.74, 6) is 0.392. The van der Waals surface area contributed by atoms with Crippen molar-refractivity contribution in [2.45, 2.75) is 0 Å². The van der Waals surface area contributed by atoms with Gasteiger partial charge in [-0.1, -0.05) is 103 Å². The Kier molecular flexibility index (Phi) is 4.91. The fourth-order valence-corrected chi connectivity index (χ4v) is 7.27. The Balaban J connectivity index is 1.14. The molecule has 0 N–H and O–H groups in total. The van der Waals surface area contributed by atoms with Gasteiger partial charge in [0.05, 0.1) is 23.5 Å². The zero-order valence-corrected chi connectivity index (χ0v) is 26.7. The van der Waals surface area contributed by atoms with Crippen LogP contribution in [0.5, 0.6) is 0 Å². The van der Waals surface area contributed by atoms with Crippen LogP contribution in [0.1, 0.15) is 6.85 Å². The summed E-state index contributed by atoms with van der Waals surface area (Å²) in [4.78, 5) is 14.5. The van der Waals surface area contributed by atoms with Gasteiger partial charge in [0, 0.05) is 49.1 Å². The van der Waals surface area contributed by atoms with Crippen LogP contribution in [0.4, 0.5) is 0 Å². The summed E-state index contributed by atoms with van der Waals surface area (Å²) in [7, 11) is 0. The molecule has 0 bridgehead atoms. The molecule has 0 fully saturated rings. The minimum Gasteiger partial charge on any atom is -0.456 e. The number of aromatic nitrogens is 4. The van der Waals surface area contributed by atoms with Gasteiger partial charge in [-0.3, -0.25) is 0 Å². The maximum atomic E-state index is 8.77. The summed E-state index contributed by atoms with van der Waals surface area (Å²) in [6.45, 7) is 0. The molecule has 0 amide bonds. The van der Waals surface area contributed by atoms with Crippen LogP contribution >= 0.6 is 0 Å². The first-order valence-electron chi connectivity index (χ1n) is 19.0. The predicted molar refractivity (Wildman–Crippen MR) is 205 cm³/mol. The molecule has 51 heavy (non-hydrogen) atoms. The highest BCUT2D eigenvalue weighted by Gasteiger charge is 2.20. The quantitative estimate of drug-likeness (QED) is 0.188. The third-order valence-electron chi connectivity index (χ3n) is 9.56. The molecule has 0 unspecified atom stereocenters. The van der Waals surface area contributed by atoms with E-state index in [4.69, 9.17) is 30.6 Å². The molecule has 0 radical (unpaired) electrons. The molecule has 4 aromatic heterocycles. The lowest BCUT2D eigenvalue weighted by atomic mass is 10.1. The van der Waals surface area contributed by atoms with E-state index in [2.05, 4.69) is 53.1 Å². The van der Waals surface area contributed by atoms with E-state index in [9.17, 15) is 0 Å². The van der Waals surface area contributed by atoms with Crippen molar-refractivity contribution < 1.29 is 15.7 Å². The molecule has 6 heteroatoms. The number of furan rings is 2. The number of nitrogens with zero attached hydrogens (tertiary/aromatic N) is 4. The lowest BCUT2D eigenvalue weighted by Gasteiger charge is -2.09. The minimum absolute atomic E-state index is 0.0616. The van der Waals surface area contributed by atoms with Crippen molar-refractivity contribution in [2.75, 3.05) is 0 Å². The van der Waals surface area contributed by atoms with Crippen LogP contribution in [-0.4, -0.2) is 19.5 Å². The van der Waals surface area contributed by atoms with Crippen LogP contribution in [0.3, 0.4) is 0 Å². The lowest BCUT2D eigenvalue weighted by Crippen LogP contribution is -2.00. The van der Waals surface area contributed by atoms with E-state index in [1.807, 2.05) is 78.9 Å². The Morgan fingerprint density at radius 3 is 1.90 bits per heavy atom. The molecule has 0 aliphatic rings. The first kappa shape index (κ1) is 23.3. The van der Waals surface area contributed by atoms with Crippen molar-refractivity contribution in [3.63, 3.8) is 0 Å². The number of fused-ring (bicyclic) bond motifs is 9. The van der Waals surface area contributed by atoms with Crippen LogP contribution in [0.15, 0.2) is 166 Å². The van der Waals surface area contributed by atoms with Gasteiger partial charge in [0.2, 0.25) is 0 Å². The molecule has 238 valence electrons. The Morgan fingerprint density at radius 2 is 1.10 bits per heavy atom. The molecular formula is C45H26N4O2. The molecule has 11 aromatic rings. The lowest BCUT2D eigenvalue weighted by molar-refractivity contribution is 0.668. The summed E-state index contributed by atoms with van der Waals surface area (Å²) < 4.78 is 57.5. The first-order valence-corrected chi connectivity index (χ1v) is 16.5. The van der Waals surface area contributed by atoms with Crippen LogP contribution in [0, 0.1) is 0 Å². The highest BCUT2D eigenvalue weighted by molar-refractivity contribution is 6.12. The van der Waals surface area contributed by atoms with Gasteiger partial charge < -0.3 is 13.4 Å². The highest BCUT2D eigenvalue weighted by atomic mass is 16.3. The van der Waals surface area contributed by atoms with E-state index < -0.39 is 30.2 Å². The third kappa shape index (κ3) is 4.26. The van der Waals surface area contributed by atoms with Crippen molar-refractivity contribution in [3.8, 4) is 39.9 Å². The van der Waals surface area contributed by atoms with Gasteiger partial charge in [-0.15, -0.1) is 0 Å². The fourth-order valence-electron chi connectivity index (χ4n) is 7.27. The molecule has 0 aliphatic carbocycles. The van der Waals surface area contributed by atoms with E-state index in [-0.39, 0.29) is 23.0 Å². The van der Waals surface area contributed by atoms with Gasteiger partial charge >= 0.3 is 0 Å². The van der Waals surface area contributed by atoms with Gasteiger partial charge in [0.25, 0.3) is 0 Å². The van der Waals surface area contributed by atoms with Crippen LogP contribution in [0.25, 0.3) is 106 Å². The Labute approximate surface area is 297 Å². The topological polar surface area (TPSA) is 69.9 Å². The smallest absolute Gasteiger partial charge is 0.167 e. The van der Waals surface area contributed by atoms with Crippen molar-refractivity contribution >= 4 is 65.7 Å². The number of benzene rings is 7. The largest absolute Gasteiger partial charge is 0.456 e. The van der Waals surface area contributed by atoms with Crippen LogP contribution < -0.4 is 0 Å². The number of hydrogen-bond donors (Lipinski definition) is 0. The second-order valence-electron chi connectivity index (χ2n) is 12.4. The van der Waals surface area contributed by atoms with E-state index in [0.29, 0.717) is 27.9 Å². The molecule has 0 atom stereocenters. The van der Waals surface area contributed by atoms with Crippen LogP contribution in [-0.2, 0) is 0 Å². The Morgan fingerprint density at radius 1 is 0.451 bits per heavy atom. The number of rotatable bonds is 4. The zero-order chi connectivity index (χ0) is 37.8. The normalized spacial score (nSPS) is 13.3. The predicted octanol–water partition coefficient (Wildman–Crippen LogP) is 11.8. The second-order valence-corrected chi connectivity index (χ2v) is 12.4. The standard InChI is InChI=1S/C45H26N4O2/c1-2-11-27(12-3-1)43-46-44(28-21-23-33-32-15-6-9-20-39(32)50-41(33)25-28)48-45(47-43)35-17-10-16-34-36-26-29(22-24-40(36)51-42(34)35)49-37-18-7-4-13-30(37)31-14-5-8-19-38(31)49/h1-26H/i1D,2D,3D,11D,12D. The van der Waals surface area contributed by atoms with Gasteiger partial charge in [0.15, 0.2) is 17.5 Å². The van der Waals surface area contributed by atoms with Gasteiger partial charge in [-0.05, 0) is 54.6 Å². The maximum absolute atomic E-state index is 8.77. The average Bonchev–Trinajstić information content (AvgIpc) is 3.91. The minimum atomic E-state index is -0.499. The molecule has 0 spiro atoms. The summed E-state index contributed by atoms with van der Waals surface area (Å²) >= 11 is 0. The third-order valence-corrected chi connectivity index (χ3v) is 9.56. The van der Waals surface area contributed by atoms with E-state index >= 15 is 0 Å². The molecule has 0 saturated heterocycles. The summed E-state index contributed by atoms with van der Waals surface area (Å²) in [6, 6.07) is 39.8. The van der Waals surface area contributed by atoms with E-state index in [1.165, 1.54) is 10.8 Å². The van der Waals surface area contributed by atoms with Gasteiger partial charge in [0.1, 0.15) is 22.3 Å². The average molecular weight is 660 g/mol. The summed E-state index contributed by atoms with van der Waals surface area (Å²) in [5.41, 5.74) is 6.79. The molecule has 6 nitrogen and oxygen atoms in total. The molecule has 7 aromatic carbocycles. The zero-order valence-electron chi connectivity index (χ0n) is 31.7. The molecule has 0 aliphatic heterocycles. The maximum Gasteiger partial charge on any atom is 0.167 e. The van der Waals surface area contributed by atoms with Crippen molar-refractivity contribution in [2.24, 2.45) is 0 Å². The summed E-state index contributed by atoms with van der Waals surface area (Å²) in [5, 5.41) is 5.98. The Bertz CT molecular complexity index is 3380. The number of hydrogen-bond acceptors (Lipinski definition) is 5. The molecular weight excluding hydrogens is 629 g/mol. The first-order chi connectivity index (χ1) is 27.3. The van der Waals surface area contributed by atoms with Crippen molar-refractivity contribution in [1.29, 1.82) is 0 Å². The Hall–Kier alpha value is -7.05. The van der Waals surface area contributed by atoms with Crippen molar-refractivity contribution in [3.05, 3.63) is 158 Å². The van der Waals surface area contributed by atoms with Gasteiger partial charge in [-0.25, -0.2) is 15.0 Å². The fraction of sp³-hybridized carbons (Fsp3) is 0. The monoisotopic (exact) mass is 659 g/mol. The second kappa shape index (κ2) is 10.7. The number of para-hydroxylation sites is 4. The highest BCUT2D eigenvalue weighted by Crippen LogP contribution is 2.39. The van der Waals surface area contributed by atoms with Crippen LogP contribution in [0.2, 0.25) is 0 Å². The van der Waals surface area contributed by atoms with E-state index in [1.54, 1.807) is 0 Å². The van der Waals surface area contributed by atoms with Crippen molar-refractivity contribution in [1.82, 2.24) is 19.5 Å². The molecule has 11 rings (SSSR count). The van der Waals surface area contributed by atoms with E-state index in [0.717, 1.165) is 43.8 Å². The SMILES string of the molecule is [2H]c1c([2H])c([2H])c(-c2nc(-c3ccc4c(c3)oc3ccccc34)nc(-c3cccc4c3oc3ccc(-n5c6ccccc6c6ccccc65)cc34)n2)c([2H])c1[2H]. The molecule has 0 saturated carbocycles. The van der Waals surface area contributed by atoms with Gasteiger partial charge in [-0.2, -0.15) is 0 Å². The summed E-state index contributed by atoms with van der Waals surface area (Å²) in [6.07, 6.45) is 0.